The Morgan fingerprint density at radius 3 is 2.45 bits per heavy atom. The van der Waals surface area contributed by atoms with Crippen molar-refractivity contribution in [2.75, 3.05) is 0 Å². The van der Waals surface area contributed by atoms with E-state index in [0.717, 1.165) is 32.1 Å². The maximum atomic E-state index is 12.0. The fourth-order valence-electron chi connectivity index (χ4n) is 3.05. The Bertz CT molecular complexity index is 500. The van der Waals surface area contributed by atoms with Gasteiger partial charge in [0.2, 0.25) is 0 Å². The smallest absolute Gasteiger partial charge is 0.338 e. The summed E-state index contributed by atoms with van der Waals surface area (Å²) in [7, 11) is 0. The van der Waals surface area contributed by atoms with Crippen LogP contribution in [0.2, 0.25) is 0 Å². The Morgan fingerprint density at radius 2 is 1.85 bits per heavy atom. The SMILES string of the molecule is O=C1CCC2(CCC(OC(=O)c3ccccc3)CC2)O1. The van der Waals surface area contributed by atoms with E-state index in [-0.39, 0.29) is 23.6 Å². The van der Waals surface area contributed by atoms with Crippen LogP contribution in [0.4, 0.5) is 0 Å². The predicted octanol–water partition coefficient (Wildman–Crippen LogP) is 2.86. The van der Waals surface area contributed by atoms with Crippen molar-refractivity contribution in [3.8, 4) is 0 Å². The molecule has 4 nitrogen and oxygen atoms in total. The maximum Gasteiger partial charge on any atom is 0.338 e. The van der Waals surface area contributed by atoms with E-state index in [1.807, 2.05) is 18.2 Å². The second-order valence-electron chi connectivity index (χ2n) is 5.63. The highest BCUT2D eigenvalue weighted by Crippen LogP contribution is 2.40. The summed E-state index contributed by atoms with van der Waals surface area (Å²) >= 11 is 0. The molecule has 2 fully saturated rings. The number of hydrogen-bond acceptors (Lipinski definition) is 4. The fourth-order valence-corrected chi connectivity index (χ4v) is 3.05. The Labute approximate surface area is 118 Å². The van der Waals surface area contributed by atoms with E-state index in [1.54, 1.807) is 12.1 Å². The van der Waals surface area contributed by atoms with Gasteiger partial charge in [-0.05, 0) is 44.2 Å². The highest BCUT2D eigenvalue weighted by atomic mass is 16.6. The maximum absolute atomic E-state index is 12.0. The lowest BCUT2D eigenvalue weighted by atomic mass is 9.81. The Kier molecular flexibility index (Phi) is 3.47. The van der Waals surface area contributed by atoms with Crippen molar-refractivity contribution in [3.63, 3.8) is 0 Å². The van der Waals surface area contributed by atoms with Gasteiger partial charge in [0.15, 0.2) is 0 Å². The molecular weight excluding hydrogens is 256 g/mol. The van der Waals surface area contributed by atoms with Gasteiger partial charge < -0.3 is 9.47 Å². The van der Waals surface area contributed by atoms with Crippen LogP contribution in [0.15, 0.2) is 30.3 Å². The summed E-state index contributed by atoms with van der Waals surface area (Å²) in [6.07, 6.45) is 4.40. The van der Waals surface area contributed by atoms with E-state index in [4.69, 9.17) is 9.47 Å². The summed E-state index contributed by atoms with van der Waals surface area (Å²) in [6, 6.07) is 9.03. The van der Waals surface area contributed by atoms with Crippen LogP contribution in [-0.4, -0.2) is 23.6 Å². The molecule has 4 heteroatoms. The van der Waals surface area contributed by atoms with Crippen molar-refractivity contribution in [1.82, 2.24) is 0 Å². The van der Waals surface area contributed by atoms with Crippen LogP contribution in [0.3, 0.4) is 0 Å². The van der Waals surface area contributed by atoms with Crippen molar-refractivity contribution in [2.24, 2.45) is 0 Å². The lowest BCUT2D eigenvalue weighted by Gasteiger charge is -2.35. The lowest BCUT2D eigenvalue weighted by molar-refractivity contribution is -0.152. The zero-order valence-corrected chi connectivity index (χ0v) is 11.3. The third kappa shape index (κ3) is 2.69. The Morgan fingerprint density at radius 1 is 1.15 bits per heavy atom. The highest BCUT2D eigenvalue weighted by molar-refractivity contribution is 5.89. The predicted molar refractivity (Wildman–Crippen MR) is 72.2 cm³/mol. The molecule has 1 heterocycles. The van der Waals surface area contributed by atoms with E-state index in [1.165, 1.54) is 0 Å². The first-order valence-corrected chi connectivity index (χ1v) is 7.15. The zero-order valence-electron chi connectivity index (χ0n) is 11.3. The van der Waals surface area contributed by atoms with Gasteiger partial charge in [-0.1, -0.05) is 18.2 Å². The van der Waals surface area contributed by atoms with Gasteiger partial charge in [-0.15, -0.1) is 0 Å². The quantitative estimate of drug-likeness (QED) is 0.778. The summed E-state index contributed by atoms with van der Waals surface area (Å²) in [6.45, 7) is 0. The number of ether oxygens (including phenoxy) is 2. The molecule has 1 aromatic carbocycles. The van der Waals surface area contributed by atoms with Crippen LogP contribution in [0, 0.1) is 0 Å². The normalized spacial score (nSPS) is 29.2. The second kappa shape index (κ2) is 5.27. The minimum Gasteiger partial charge on any atom is -0.459 e. The van der Waals surface area contributed by atoms with Gasteiger partial charge in [0.25, 0.3) is 0 Å². The summed E-state index contributed by atoms with van der Waals surface area (Å²) < 4.78 is 11.0. The number of carbonyl (C=O) groups excluding carboxylic acids is 2. The van der Waals surface area contributed by atoms with Gasteiger partial charge in [0.05, 0.1) is 5.56 Å². The standard InChI is InChI=1S/C16H18O4/c17-14-8-11-16(20-14)9-6-13(7-10-16)19-15(18)12-4-2-1-3-5-12/h1-5,13H,6-11H2. The monoisotopic (exact) mass is 274 g/mol. The van der Waals surface area contributed by atoms with Crippen LogP contribution in [0.5, 0.6) is 0 Å². The van der Waals surface area contributed by atoms with Crippen LogP contribution >= 0.6 is 0 Å². The molecule has 1 aliphatic heterocycles. The van der Waals surface area contributed by atoms with Crippen LogP contribution in [-0.2, 0) is 14.3 Å². The molecular formula is C16H18O4. The van der Waals surface area contributed by atoms with E-state index >= 15 is 0 Å². The molecule has 1 spiro atoms. The van der Waals surface area contributed by atoms with Gasteiger partial charge >= 0.3 is 11.9 Å². The molecule has 1 saturated heterocycles. The summed E-state index contributed by atoms with van der Waals surface area (Å²) in [4.78, 5) is 23.2. The molecule has 0 N–H and O–H groups in total. The van der Waals surface area contributed by atoms with Crippen molar-refractivity contribution < 1.29 is 19.1 Å². The average Bonchev–Trinajstić information content (AvgIpc) is 2.84. The van der Waals surface area contributed by atoms with Gasteiger partial charge in [-0.2, -0.15) is 0 Å². The van der Waals surface area contributed by atoms with E-state index < -0.39 is 0 Å². The molecule has 0 aromatic heterocycles. The van der Waals surface area contributed by atoms with Gasteiger partial charge in [0, 0.05) is 6.42 Å². The van der Waals surface area contributed by atoms with Crippen molar-refractivity contribution >= 4 is 11.9 Å². The Balaban J connectivity index is 1.54. The first kappa shape index (κ1) is 13.2. The molecule has 3 rings (SSSR count). The minimum atomic E-state index is -0.271. The van der Waals surface area contributed by atoms with Crippen LogP contribution < -0.4 is 0 Å². The van der Waals surface area contributed by atoms with Gasteiger partial charge in [-0.25, -0.2) is 4.79 Å². The zero-order chi connectivity index (χ0) is 14.0. The summed E-state index contributed by atoms with van der Waals surface area (Å²) in [5.41, 5.74) is 0.312. The topological polar surface area (TPSA) is 52.6 Å². The molecule has 0 atom stereocenters. The number of benzene rings is 1. The molecule has 1 aliphatic carbocycles. The van der Waals surface area contributed by atoms with Crippen LogP contribution in [0.1, 0.15) is 48.9 Å². The van der Waals surface area contributed by atoms with Gasteiger partial charge in [-0.3, -0.25) is 4.79 Å². The summed E-state index contributed by atoms with van der Waals surface area (Å²) in [5, 5.41) is 0. The third-order valence-corrected chi connectivity index (χ3v) is 4.24. The second-order valence-corrected chi connectivity index (χ2v) is 5.63. The van der Waals surface area contributed by atoms with E-state index in [0.29, 0.717) is 12.0 Å². The van der Waals surface area contributed by atoms with Gasteiger partial charge in [0.1, 0.15) is 11.7 Å². The highest BCUT2D eigenvalue weighted by Gasteiger charge is 2.43. The number of esters is 2. The first-order valence-electron chi connectivity index (χ1n) is 7.15. The van der Waals surface area contributed by atoms with E-state index in [9.17, 15) is 9.59 Å². The summed E-state index contributed by atoms with van der Waals surface area (Å²) in [5.74, 6) is -0.361. The first-order chi connectivity index (χ1) is 9.67. The molecule has 0 amide bonds. The lowest BCUT2D eigenvalue weighted by Crippen LogP contribution is -2.37. The molecule has 1 saturated carbocycles. The fraction of sp³-hybridized carbons (Fsp3) is 0.500. The molecule has 2 aliphatic rings. The number of rotatable bonds is 2. The van der Waals surface area contributed by atoms with E-state index in [2.05, 4.69) is 0 Å². The molecule has 1 aromatic rings. The molecule has 20 heavy (non-hydrogen) atoms. The Hall–Kier alpha value is -1.84. The largest absolute Gasteiger partial charge is 0.459 e. The van der Waals surface area contributed by atoms with Crippen molar-refractivity contribution in [2.45, 2.75) is 50.2 Å². The van der Waals surface area contributed by atoms with Crippen LogP contribution in [0.25, 0.3) is 0 Å². The minimum absolute atomic E-state index is 0.0624. The number of hydrogen-bond donors (Lipinski definition) is 0. The third-order valence-electron chi connectivity index (χ3n) is 4.24. The van der Waals surface area contributed by atoms with Crippen molar-refractivity contribution in [1.29, 1.82) is 0 Å². The number of carbonyl (C=O) groups is 2. The molecule has 106 valence electrons. The molecule has 0 radical (unpaired) electrons. The molecule has 0 bridgehead atoms. The molecule has 0 unspecified atom stereocenters. The average molecular weight is 274 g/mol. The van der Waals surface area contributed by atoms with Crippen molar-refractivity contribution in [3.05, 3.63) is 35.9 Å².